The smallest absolute Gasteiger partial charge is 0.241 e. The maximum absolute atomic E-state index is 12.0. The molecule has 1 heterocycles. The van der Waals surface area contributed by atoms with Gasteiger partial charge in [0.2, 0.25) is 0 Å². The highest BCUT2D eigenvalue weighted by atomic mass is 19.3. The summed E-state index contributed by atoms with van der Waals surface area (Å²) in [6.45, 7) is 0. The topological polar surface area (TPSA) is 25.8 Å². The molecule has 12 heavy (non-hydrogen) atoms. The fourth-order valence-electron chi connectivity index (χ4n) is 1.01. The van der Waals surface area contributed by atoms with Crippen molar-refractivity contribution in [2.24, 2.45) is 0 Å². The van der Waals surface area contributed by atoms with Crippen molar-refractivity contribution >= 4 is 0 Å². The molecule has 1 aliphatic carbocycles. The van der Waals surface area contributed by atoms with Gasteiger partial charge in [-0.2, -0.15) is 0 Å². The van der Waals surface area contributed by atoms with E-state index in [9.17, 15) is 8.78 Å². The second kappa shape index (κ2) is 2.77. The van der Waals surface area contributed by atoms with Crippen LogP contribution >= 0.6 is 0 Å². The molecule has 1 aromatic rings. The molecule has 1 fully saturated rings. The third-order valence-electron chi connectivity index (χ3n) is 1.89. The molecule has 0 aromatic carbocycles. The van der Waals surface area contributed by atoms with E-state index < -0.39 is 6.43 Å². The zero-order chi connectivity index (χ0) is 8.55. The molecule has 4 heteroatoms. The van der Waals surface area contributed by atoms with Gasteiger partial charge in [-0.3, -0.25) is 0 Å². The first kappa shape index (κ1) is 7.58. The Hall–Kier alpha value is -1.06. The van der Waals surface area contributed by atoms with Gasteiger partial charge in [0.05, 0.1) is 5.56 Å². The highest BCUT2D eigenvalue weighted by Gasteiger charge is 2.26. The number of hydrogen-bond donors (Lipinski definition) is 0. The normalized spacial score (nSPS) is 16.9. The van der Waals surface area contributed by atoms with Crippen LogP contribution in [0, 0.1) is 0 Å². The lowest BCUT2D eigenvalue weighted by molar-refractivity contribution is 0.150. The standard InChI is InChI=1S/C8H8F2N2/c9-7(10)6-3-11-8(12-4-6)5-1-2-5/h3-5,7H,1-2H2. The van der Waals surface area contributed by atoms with Gasteiger partial charge in [0.1, 0.15) is 5.82 Å². The van der Waals surface area contributed by atoms with Crippen molar-refractivity contribution in [3.8, 4) is 0 Å². The summed E-state index contributed by atoms with van der Waals surface area (Å²) < 4.78 is 24.1. The van der Waals surface area contributed by atoms with Crippen molar-refractivity contribution in [1.29, 1.82) is 0 Å². The van der Waals surface area contributed by atoms with E-state index in [4.69, 9.17) is 0 Å². The van der Waals surface area contributed by atoms with Gasteiger partial charge in [-0.15, -0.1) is 0 Å². The monoisotopic (exact) mass is 170 g/mol. The maximum atomic E-state index is 12.0. The molecule has 0 aliphatic heterocycles. The molecule has 1 saturated carbocycles. The first-order valence-electron chi connectivity index (χ1n) is 3.87. The van der Waals surface area contributed by atoms with Crippen LogP contribution in [-0.4, -0.2) is 9.97 Å². The number of hydrogen-bond acceptors (Lipinski definition) is 2. The molecule has 0 bridgehead atoms. The molecule has 1 aromatic heterocycles. The van der Waals surface area contributed by atoms with Crippen molar-refractivity contribution < 1.29 is 8.78 Å². The molecule has 1 aliphatic rings. The number of halogens is 2. The van der Waals surface area contributed by atoms with Gasteiger partial charge < -0.3 is 0 Å². The van der Waals surface area contributed by atoms with Gasteiger partial charge in [0.25, 0.3) is 6.43 Å². The van der Waals surface area contributed by atoms with E-state index in [0.717, 1.165) is 12.8 Å². The minimum atomic E-state index is -2.46. The molecule has 0 spiro atoms. The van der Waals surface area contributed by atoms with Crippen LogP contribution in [0.4, 0.5) is 8.78 Å². The van der Waals surface area contributed by atoms with Crippen molar-refractivity contribution in [2.75, 3.05) is 0 Å². The molecule has 0 radical (unpaired) electrons. The SMILES string of the molecule is FC(F)c1cnc(C2CC2)nc1. The average Bonchev–Trinajstić information content (AvgIpc) is 2.87. The molecule has 2 nitrogen and oxygen atoms in total. The van der Waals surface area contributed by atoms with E-state index in [-0.39, 0.29) is 5.56 Å². The van der Waals surface area contributed by atoms with E-state index >= 15 is 0 Å². The average molecular weight is 170 g/mol. The number of rotatable bonds is 2. The second-order valence-electron chi connectivity index (χ2n) is 2.95. The number of aromatic nitrogens is 2. The minimum Gasteiger partial charge on any atom is -0.241 e. The molecule has 64 valence electrons. The Morgan fingerprint density at radius 1 is 1.25 bits per heavy atom. The van der Waals surface area contributed by atoms with Crippen LogP contribution in [0.1, 0.15) is 36.6 Å². The Bertz CT molecular complexity index is 246. The lowest BCUT2D eigenvalue weighted by Crippen LogP contribution is -1.94. The summed E-state index contributed by atoms with van der Waals surface area (Å²) in [5.74, 6) is 1.14. The van der Waals surface area contributed by atoms with Gasteiger partial charge in [0, 0.05) is 18.3 Å². The summed E-state index contributed by atoms with van der Waals surface area (Å²) in [4.78, 5) is 7.74. The van der Waals surface area contributed by atoms with E-state index in [1.165, 1.54) is 12.4 Å². The van der Waals surface area contributed by atoms with Gasteiger partial charge in [-0.1, -0.05) is 0 Å². The van der Waals surface area contributed by atoms with E-state index in [2.05, 4.69) is 9.97 Å². The van der Waals surface area contributed by atoms with Gasteiger partial charge in [-0.25, -0.2) is 18.7 Å². The fraction of sp³-hybridized carbons (Fsp3) is 0.500. The molecule has 0 saturated heterocycles. The first-order valence-corrected chi connectivity index (χ1v) is 3.87. The Morgan fingerprint density at radius 3 is 2.25 bits per heavy atom. The van der Waals surface area contributed by atoms with Crippen molar-refractivity contribution in [3.05, 3.63) is 23.8 Å². The first-order chi connectivity index (χ1) is 5.77. The summed E-state index contributed by atoms with van der Waals surface area (Å²) in [7, 11) is 0. The van der Waals surface area contributed by atoms with E-state index in [1.807, 2.05) is 0 Å². The highest BCUT2D eigenvalue weighted by Crippen LogP contribution is 2.37. The minimum absolute atomic E-state index is 0.0978. The van der Waals surface area contributed by atoms with Crippen LogP contribution < -0.4 is 0 Å². The van der Waals surface area contributed by atoms with Crippen LogP contribution in [0.15, 0.2) is 12.4 Å². The Morgan fingerprint density at radius 2 is 1.83 bits per heavy atom. The Balaban J connectivity index is 2.18. The quantitative estimate of drug-likeness (QED) is 0.680. The largest absolute Gasteiger partial charge is 0.266 e. The van der Waals surface area contributed by atoms with Crippen LogP contribution in [0.25, 0.3) is 0 Å². The number of alkyl halides is 2. The fourth-order valence-corrected chi connectivity index (χ4v) is 1.01. The zero-order valence-corrected chi connectivity index (χ0v) is 6.37. The third kappa shape index (κ3) is 1.42. The summed E-state index contributed by atoms with van der Waals surface area (Å²) in [6.07, 6.45) is 2.15. The summed E-state index contributed by atoms with van der Waals surface area (Å²) in [6, 6.07) is 0. The predicted molar refractivity (Wildman–Crippen MR) is 39.0 cm³/mol. The van der Waals surface area contributed by atoms with Crippen molar-refractivity contribution in [3.63, 3.8) is 0 Å². The summed E-state index contributed by atoms with van der Waals surface area (Å²) >= 11 is 0. The lowest BCUT2D eigenvalue weighted by atomic mass is 10.3. The van der Waals surface area contributed by atoms with E-state index in [0.29, 0.717) is 11.7 Å². The van der Waals surface area contributed by atoms with Crippen LogP contribution in [0.2, 0.25) is 0 Å². The summed E-state index contributed by atoms with van der Waals surface area (Å²) in [5, 5.41) is 0. The number of nitrogens with zero attached hydrogens (tertiary/aromatic N) is 2. The van der Waals surface area contributed by atoms with Crippen LogP contribution in [0.5, 0.6) is 0 Å². The second-order valence-corrected chi connectivity index (χ2v) is 2.95. The third-order valence-corrected chi connectivity index (χ3v) is 1.89. The highest BCUT2D eigenvalue weighted by molar-refractivity contribution is 5.11. The molecular formula is C8H8F2N2. The van der Waals surface area contributed by atoms with Crippen molar-refractivity contribution in [1.82, 2.24) is 9.97 Å². The van der Waals surface area contributed by atoms with Crippen LogP contribution in [0.3, 0.4) is 0 Å². The van der Waals surface area contributed by atoms with Gasteiger partial charge in [0.15, 0.2) is 0 Å². The summed E-state index contributed by atoms with van der Waals surface area (Å²) in [5.41, 5.74) is -0.0978. The van der Waals surface area contributed by atoms with Gasteiger partial charge >= 0.3 is 0 Å². The van der Waals surface area contributed by atoms with E-state index in [1.54, 1.807) is 0 Å². The molecule has 2 rings (SSSR count). The molecule has 0 N–H and O–H groups in total. The van der Waals surface area contributed by atoms with Gasteiger partial charge in [-0.05, 0) is 12.8 Å². The lowest BCUT2D eigenvalue weighted by Gasteiger charge is -1.98. The van der Waals surface area contributed by atoms with Crippen LogP contribution in [-0.2, 0) is 0 Å². The molecule has 0 unspecified atom stereocenters. The molecular weight excluding hydrogens is 162 g/mol. The zero-order valence-electron chi connectivity index (χ0n) is 6.37. The Kier molecular flexibility index (Phi) is 1.75. The Labute approximate surface area is 68.7 Å². The predicted octanol–water partition coefficient (Wildman–Crippen LogP) is 2.29. The molecule has 0 amide bonds. The van der Waals surface area contributed by atoms with Crippen molar-refractivity contribution in [2.45, 2.75) is 25.2 Å². The molecule has 0 atom stereocenters. The maximum Gasteiger partial charge on any atom is 0.266 e.